The van der Waals surface area contributed by atoms with Gasteiger partial charge in [-0.3, -0.25) is 4.98 Å². The molecule has 4 rings (SSSR count). The Morgan fingerprint density at radius 3 is 2.50 bits per heavy atom. The third-order valence-corrected chi connectivity index (χ3v) is 4.51. The molecule has 1 aliphatic carbocycles. The van der Waals surface area contributed by atoms with Crippen molar-refractivity contribution in [2.24, 2.45) is 0 Å². The molecule has 1 N–H and O–H groups in total. The zero-order valence-electron chi connectivity index (χ0n) is 12.4. The molecule has 4 heteroatoms. The summed E-state index contributed by atoms with van der Waals surface area (Å²) in [6.45, 7) is 0. The number of nitrogens with one attached hydrogen (secondary N) is 1. The van der Waals surface area contributed by atoms with Crippen molar-refractivity contribution in [3.8, 4) is 11.1 Å². The van der Waals surface area contributed by atoms with Gasteiger partial charge in [0.25, 0.3) is 0 Å². The molecular weight excluding hydrogens is 290 g/mol. The molecule has 1 aromatic heterocycles. The molecule has 1 heterocycles. The van der Waals surface area contributed by atoms with E-state index in [0.29, 0.717) is 6.04 Å². The summed E-state index contributed by atoms with van der Waals surface area (Å²) in [5.74, 6) is 0. The van der Waals surface area contributed by atoms with E-state index in [9.17, 15) is 0 Å². The SMILES string of the molecule is CSc1cnc2cc(-c3ccc(NC4CC4)cc3)ccc2n1. The van der Waals surface area contributed by atoms with E-state index in [0.717, 1.165) is 16.1 Å². The summed E-state index contributed by atoms with van der Waals surface area (Å²) in [7, 11) is 0. The van der Waals surface area contributed by atoms with Crippen LogP contribution in [-0.2, 0) is 0 Å². The van der Waals surface area contributed by atoms with Gasteiger partial charge in [-0.15, -0.1) is 11.8 Å². The van der Waals surface area contributed by atoms with E-state index < -0.39 is 0 Å². The molecule has 0 unspecified atom stereocenters. The van der Waals surface area contributed by atoms with E-state index >= 15 is 0 Å². The Morgan fingerprint density at radius 1 is 1.00 bits per heavy atom. The van der Waals surface area contributed by atoms with Crippen LogP contribution in [0.4, 0.5) is 5.69 Å². The molecular formula is C18H17N3S. The van der Waals surface area contributed by atoms with Crippen molar-refractivity contribution in [3.63, 3.8) is 0 Å². The quantitative estimate of drug-likeness (QED) is 0.715. The number of fused-ring (bicyclic) bond motifs is 1. The molecule has 1 saturated carbocycles. The van der Waals surface area contributed by atoms with Crippen molar-refractivity contribution in [2.45, 2.75) is 23.9 Å². The van der Waals surface area contributed by atoms with Crippen molar-refractivity contribution in [3.05, 3.63) is 48.7 Å². The molecule has 0 atom stereocenters. The summed E-state index contributed by atoms with van der Waals surface area (Å²) >= 11 is 1.62. The fourth-order valence-electron chi connectivity index (χ4n) is 2.49. The van der Waals surface area contributed by atoms with Crippen LogP contribution < -0.4 is 5.32 Å². The van der Waals surface area contributed by atoms with Gasteiger partial charge < -0.3 is 5.32 Å². The molecule has 110 valence electrons. The topological polar surface area (TPSA) is 37.8 Å². The second kappa shape index (κ2) is 5.61. The Bertz CT molecular complexity index is 810. The molecule has 2 aromatic carbocycles. The lowest BCUT2D eigenvalue weighted by atomic mass is 10.0. The van der Waals surface area contributed by atoms with E-state index in [-0.39, 0.29) is 0 Å². The number of benzene rings is 2. The summed E-state index contributed by atoms with van der Waals surface area (Å²) in [5, 5.41) is 4.47. The number of nitrogens with zero attached hydrogens (tertiary/aromatic N) is 2. The van der Waals surface area contributed by atoms with Crippen LogP contribution in [0.5, 0.6) is 0 Å². The summed E-state index contributed by atoms with van der Waals surface area (Å²) in [4.78, 5) is 9.08. The second-order valence-electron chi connectivity index (χ2n) is 5.61. The van der Waals surface area contributed by atoms with Crippen LogP contribution in [0.3, 0.4) is 0 Å². The minimum atomic E-state index is 0.687. The first-order valence-electron chi connectivity index (χ1n) is 7.49. The Morgan fingerprint density at radius 2 is 1.77 bits per heavy atom. The fourth-order valence-corrected chi connectivity index (χ4v) is 2.84. The molecule has 0 aliphatic heterocycles. The van der Waals surface area contributed by atoms with Gasteiger partial charge in [0.2, 0.25) is 0 Å². The average Bonchev–Trinajstić information content (AvgIpc) is 3.38. The van der Waals surface area contributed by atoms with Gasteiger partial charge in [0.05, 0.1) is 17.2 Å². The maximum atomic E-state index is 4.57. The lowest BCUT2D eigenvalue weighted by Gasteiger charge is -2.07. The van der Waals surface area contributed by atoms with Gasteiger partial charge in [0.1, 0.15) is 5.03 Å². The maximum absolute atomic E-state index is 4.57. The number of hydrogen-bond acceptors (Lipinski definition) is 4. The van der Waals surface area contributed by atoms with Gasteiger partial charge in [0, 0.05) is 11.7 Å². The Labute approximate surface area is 134 Å². The van der Waals surface area contributed by atoms with Crippen LogP contribution in [-0.4, -0.2) is 22.3 Å². The Kier molecular flexibility index (Phi) is 3.47. The first kappa shape index (κ1) is 13.6. The lowest BCUT2D eigenvalue weighted by Crippen LogP contribution is -1.99. The maximum Gasteiger partial charge on any atom is 0.115 e. The minimum absolute atomic E-state index is 0.687. The number of rotatable bonds is 4. The van der Waals surface area contributed by atoms with E-state index in [1.165, 1.54) is 29.7 Å². The Hall–Kier alpha value is -2.07. The van der Waals surface area contributed by atoms with Gasteiger partial charge in [-0.2, -0.15) is 0 Å². The predicted octanol–water partition coefficient (Wildman–Crippen LogP) is 4.59. The molecule has 1 fully saturated rings. The van der Waals surface area contributed by atoms with Gasteiger partial charge in [0.15, 0.2) is 0 Å². The molecule has 0 amide bonds. The monoisotopic (exact) mass is 307 g/mol. The first-order chi connectivity index (χ1) is 10.8. The third kappa shape index (κ3) is 2.79. The van der Waals surface area contributed by atoms with E-state index in [2.05, 4.69) is 51.7 Å². The van der Waals surface area contributed by atoms with Crippen molar-refractivity contribution in [1.82, 2.24) is 9.97 Å². The second-order valence-corrected chi connectivity index (χ2v) is 6.44. The molecule has 1 aliphatic rings. The highest BCUT2D eigenvalue weighted by Gasteiger charge is 2.20. The van der Waals surface area contributed by atoms with E-state index in [1.54, 1.807) is 11.8 Å². The van der Waals surface area contributed by atoms with Gasteiger partial charge >= 0.3 is 0 Å². The number of anilines is 1. The number of aromatic nitrogens is 2. The van der Waals surface area contributed by atoms with Crippen LogP contribution in [0.25, 0.3) is 22.2 Å². The van der Waals surface area contributed by atoms with Gasteiger partial charge in [-0.05, 0) is 54.5 Å². The Balaban J connectivity index is 1.64. The normalized spacial score (nSPS) is 14.2. The van der Waals surface area contributed by atoms with Crippen molar-refractivity contribution < 1.29 is 0 Å². The van der Waals surface area contributed by atoms with Gasteiger partial charge in [-0.1, -0.05) is 18.2 Å². The van der Waals surface area contributed by atoms with Crippen LogP contribution in [0.15, 0.2) is 53.7 Å². The molecule has 0 radical (unpaired) electrons. The summed E-state index contributed by atoms with van der Waals surface area (Å²) in [6, 6.07) is 15.6. The zero-order valence-corrected chi connectivity index (χ0v) is 13.2. The van der Waals surface area contributed by atoms with Crippen LogP contribution >= 0.6 is 11.8 Å². The first-order valence-corrected chi connectivity index (χ1v) is 8.72. The summed E-state index contributed by atoms with van der Waals surface area (Å²) in [5.41, 5.74) is 5.48. The zero-order chi connectivity index (χ0) is 14.9. The highest BCUT2D eigenvalue weighted by atomic mass is 32.2. The standard InChI is InChI=1S/C18H17N3S/c1-22-18-11-19-17-10-13(4-9-16(17)21-18)12-2-5-14(6-3-12)20-15-7-8-15/h2-6,9-11,15,20H,7-8H2,1H3. The fraction of sp³-hybridized carbons (Fsp3) is 0.222. The molecule has 3 nitrogen and oxygen atoms in total. The van der Waals surface area contributed by atoms with E-state index in [4.69, 9.17) is 0 Å². The highest BCUT2D eigenvalue weighted by Crippen LogP contribution is 2.28. The smallest absolute Gasteiger partial charge is 0.115 e. The molecule has 22 heavy (non-hydrogen) atoms. The molecule has 0 bridgehead atoms. The predicted molar refractivity (Wildman–Crippen MR) is 93.4 cm³/mol. The van der Waals surface area contributed by atoms with Crippen LogP contribution in [0, 0.1) is 0 Å². The largest absolute Gasteiger partial charge is 0.382 e. The van der Waals surface area contributed by atoms with E-state index in [1.807, 2.05) is 18.5 Å². The summed E-state index contributed by atoms with van der Waals surface area (Å²) < 4.78 is 0. The van der Waals surface area contributed by atoms with Gasteiger partial charge in [-0.25, -0.2) is 4.98 Å². The number of thioether (sulfide) groups is 1. The lowest BCUT2D eigenvalue weighted by molar-refractivity contribution is 1.12. The minimum Gasteiger partial charge on any atom is -0.382 e. The van der Waals surface area contributed by atoms with Crippen LogP contribution in [0.2, 0.25) is 0 Å². The third-order valence-electron chi connectivity index (χ3n) is 3.90. The van der Waals surface area contributed by atoms with Crippen LogP contribution in [0.1, 0.15) is 12.8 Å². The van der Waals surface area contributed by atoms with Crippen molar-refractivity contribution in [2.75, 3.05) is 11.6 Å². The highest BCUT2D eigenvalue weighted by molar-refractivity contribution is 7.98. The molecule has 0 spiro atoms. The van der Waals surface area contributed by atoms with Crippen molar-refractivity contribution >= 4 is 28.5 Å². The molecule has 0 saturated heterocycles. The number of hydrogen-bond donors (Lipinski definition) is 1. The average molecular weight is 307 g/mol. The van der Waals surface area contributed by atoms with Crippen molar-refractivity contribution in [1.29, 1.82) is 0 Å². The molecule has 3 aromatic rings. The summed E-state index contributed by atoms with van der Waals surface area (Å²) in [6.07, 6.45) is 6.44.